The van der Waals surface area contributed by atoms with Crippen molar-refractivity contribution in [1.82, 2.24) is 9.80 Å². The predicted molar refractivity (Wildman–Crippen MR) is 94.7 cm³/mol. The molecule has 128 valence electrons. The van der Waals surface area contributed by atoms with Crippen LogP contribution >= 0.6 is 23.2 Å². The van der Waals surface area contributed by atoms with Gasteiger partial charge in [0.1, 0.15) is 6.54 Å². The monoisotopic (exact) mass is 376 g/mol. The molecule has 0 N–H and O–H groups in total. The second kappa shape index (κ2) is 6.86. The average molecular weight is 377 g/mol. The lowest BCUT2D eigenvalue weighted by Crippen LogP contribution is -2.40. The van der Waals surface area contributed by atoms with Crippen LogP contribution in [-0.2, 0) is 11.3 Å². The normalized spacial score (nSPS) is 13.2. The number of amides is 3. The lowest BCUT2D eigenvalue weighted by Gasteiger charge is -2.21. The molecule has 0 fully saturated rings. The Morgan fingerprint density at radius 3 is 2.16 bits per heavy atom. The molecular formula is C18H14Cl2N2O3. The second-order valence-corrected chi connectivity index (χ2v) is 6.55. The summed E-state index contributed by atoms with van der Waals surface area (Å²) < 4.78 is 0. The summed E-state index contributed by atoms with van der Waals surface area (Å²) in [6.07, 6.45) is 0. The molecule has 1 aliphatic rings. The van der Waals surface area contributed by atoms with E-state index >= 15 is 0 Å². The fraction of sp³-hybridized carbons (Fsp3) is 0.167. The van der Waals surface area contributed by atoms with Crippen molar-refractivity contribution in [2.24, 2.45) is 0 Å². The highest BCUT2D eigenvalue weighted by Gasteiger charge is 2.36. The van der Waals surface area contributed by atoms with Gasteiger partial charge in [0.2, 0.25) is 5.91 Å². The Morgan fingerprint density at radius 1 is 1.00 bits per heavy atom. The smallest absolute Gasteiger partial charge is 0.262 e. The van der Waals surface area contributed by atoms with E-state index in [2.05, 4.69) is 0 Å². The van der Waals surface area contributed by atoms with Gasteiger partial charge in [-0.1, -0.05) is 41.4 Å². The van der Waals surface area contributed by atoms with E-state index in [0.29, 0.717) is 27.7 Å². The van der Waals surface area contributed by atoms with Gasteiger partial charge in [-0.15, -0.1) is 0 Å². The molecule has 1 heterocycles. The average Bonchev–Trinajstić information content (AvgIpc) is 2.83. The van der Waals surface area contributed by atoms with E-state index in [4.69, 9.17) is 23.2 Å². The van der Waals surface area contributed by atoms with Crippen LogP contribution in [0.3, 0.4) is 0 Å². The number of carbonyl (C=O) groups is 3. The van der Waals surface area contributed by atoms with Crippen molar-refractivity contribution in [1.29, 1.82) is 0 Å². The van der Waals surface area contributed by atoms with Crippen LogP contribution in [0.2, 0.25) is 10.0 Å². The van der Waals surface area contributed by atoms with E-state index in [1.807, 2.05) is 0 Å². The molecule has 0 spiro atoms. The van der Waals surface area contributed by atoms with E-state index < -0.39 is 11.8 Å². The van der Waals surface area contributed by atoms with Crippen molar-refractivity contribution in [3.05, 3.63) is 69.2 Å². The Morgan fingerprint density at radius 2 is 1.60 bits per heavy atom. The Hall–Kier alpha value is -2.37. The highest BCUT2D eigenvalue weighted by molar-refractivity contribution is 6.42. The van der Waals surface area contributed by atoms with Crippen molar-refractivity contribution in [2.75, 3.05) is 13.6 Å². The van der Waals surface area contributed by atoms with Gasteiger partial charge >= 0.3 is 0 Å². The maximum atomic E-state index is 12.4. The van der Waals surface area contributed by atoms with Gasteiger partial charge in [0, 0.05) is 13.6 Å². The number of likely N-dealkylation sites (N-methyl/N-ethyl adjacent to an activating group) is 1. The first-order valence-electron chi connectivity index (χ1n) is 7.51. The van der Waals surface area contributed by atoms with E-state index in [-0.39, 0.29) is 12.5 Å². The molecule has 0 saturated heterocycles. The third-order valence-electron chi connectivity index (χ3n) is 4.00. The number of benzene rings is 2. The molecule has 0 atom stereocenters. The lowest BCUT2D eigenvalue weighted by molar-refractivity contribution is -0.130. The Balaban J connectivity index is 1.69. The summed E-state index contributed by atoms with van der Waals surface area (Å²) >= 11 is 11.8. The van der Waals surface area contributed by atoms with Gasteiger partial charge in [0.15, 0.2) is 0 Å². The first-order valence-corrected chi connectivity index (χ1v) is 8.27. The number of fused-ring (bicyclic) bond motifs is 1. The quantitative estimate of drug-likeness (QED) is 0.769. The SMILES string of the molecule is CN(Cc1ccc(Cl)c(Cl)c1)C(=O)CN1C(=O)c2ccccc2C1=O. The fourth-order valence-corrected chi connectivity index (χ4v) is 2.96. The summed E-state index contributed by atoms with van der Waals surface area (Å²) in [6.45, 7) is -0.0109. The van der Waals surface area contributed by atoms with Crippen LogP contribution in [0.1, 0.15) is 26.3 Å². The van der Waals surface area contributed by atoms with Gasteiger partial charge in [-0.3, -0.25) is 19.3 Å². The van der Waals surface area contributed by atoms with Gasteiger partial charge in [-0.05, 0) is 29.8 Å². The molecule has 0 radical (unpaired) electrons. The van der Waals surface area contributed by atoms with Crippen LogP contribution in [0.25, 0.3) is 0 Å². The van der Waals surface area contributed by atoms with Crippen LogP contribution in [0.5, 0.6) is 0 Å². The standard InChI is InChI=1S/C18H14Cl2N2O3/c1-21(9-11-6-7-14(19)15(20)8-11)16(23)10-22-17(24)12-4-2-3-5-13(12)18(22)25/h2-8H,9-10H2,1H3. The zero-order valence-electron chi connectivity index (χ0n) is 13.3. The number of hydrogen-bond donors (Lipinski definition) is 0. The largest absolute Gasteiger partial charge is 0.340 e. The van der Waals surface area contributed by atoms with Crippen molar-refractivity contribution >= 4 is 40.9 Å². The minimum absolute atomic E-state index is 0.291. The van der Waals surface area contributed by atoms with Crippen molar-refractivity contribution < 1.29 is 14.4 Å². The molecule has 0 aromatic heterocycles. The number of nitrogens with zero attached hydrogens (tertiary/aromatic N) is 2. The molecule has 2 aromatic carbocycles. The minimum Gasteiger partial charge on any atom is -0.340 e. The third kappa shape index (κ3) is 3.38. The van der Waals surface area contributed by atoms with Crippen LogP contribution in [0.4, 0.5) is 0 Å². The molecule has 0 saturated carbocycles. The molecule has 25 heavy (non-hydrogen) atoms. The van der Waals surface area contributed by atoms with Gasteiger partial charge in [0.25, 0.3) is 11.8 Å². The van der Waals surface area contributed by atoms with Crippen molar-refractivity contribution in [3.8, 4) is 0 Å². The van der Waals surface area contributed by atoms with E-state index in [1.165, 1.54) is 4.90 Å². The van der Waals surface area contributed by atoms with Crippen molar-refractivity contribution in [3.63, 3.8) is 0 Å². The summed E-state index contributed by atoms with van der Waals surface area (Å²) in [4.78, 5) is 39.4. The number of rotatable bonds is 4. The first-order chi connectivity index (χ1) is 11.9. The highest BCUT2D eigenvalue weighted by atomic mass is 35.5. The van der Waals surface area contributed by atoms with Gasteiger partial charge in [-0.2, -0.15) is 0 Å². The highest BCUT2D eigenvalue weighted by Crippen LogP contribution is 2.24. The minimum atomic E-state index is -0.447. The summed E-state index contributed by atoms with van der Waals surface area (Å²) in [5.74, 6) is -1.24. The van der Waals surface area contributed by atoms with Crippen LogP contribution in [0, 0.1) is 0 Å². The zero-order chi connectivity index (χ0) is 18.1. The molecule has 0 aliphatic carbocycles. The Kier molecular flexibility index (Phi) is 4.79. The van der Waals surface area contributed by atoms with Crippen molar-refractivity contribution in [2.45, 2.75) is 6.54 Å². The lowest BCUT2D eigenvalue weighted by atomic mass is 10.1. The molecular weight excluding hydrogens is 363 g/mol. The van der Waals surface area contributed by atoms with Crippen LogP contribution in [-0.4, -0.2) is 41.1 Å². The predicted octanol–water partition coefficient (Wildman–Crippen LogP) is 3.25. The Bertz CT molecular complexity index is 847. The Labute approximate surface area is 154 Å². The maximum absolute atomic E-state index is 12.4. The molecule has 3 amide bonds. The number of imide groups is 1. The second-order valence-electron chi connectivity index (χ2n) is 5.74. The molecule has 0 unspecified atom stereocenters. The zero-order valence-corrected chi connectivity index (χ0v) is 14.8. The summed E-state index contributed by atoms with van der Waals surface area (Å²) in [7, 11) is 1.60. The molecule has 3 rings (SSSR count). The molecule has 0 bridgehead atoms. The van der Waals surface area contributed by atoms with Gasteiger partial charge < -0.3 is 4.90 Å². The molecule has 1 aliphatic heterocycles. The number of halogens is 2. The number of carbonyl (C=O) groups excluding carboxylic acids is 3. The fourth-order valence-electron chi connectivity index (χ4n) is 2.64. The third-order valence-corrected chi connectivity index (χ3v) is 4.74. The van der Waals surface area contributed by atoms with E-state index in [0.717, 1.165) is 10.5 Å². The van der Waals surface area contributed by atoms with Gasteiger partial charge in [-0.25, -0.2) is 0 Å². The topological polar surface area (TPSA) is 57.7 Å². The molecule has 7 heteroatoms. The molecule has 2 aromatic rings. The molecule has 5 nitrogen and oxygen atoms in total. The van der Waals surface area contributed by atoms with E-state index in [9.17, 15) is 14.4 Å². The summed E-state index contributed by atoms with van der Waals surface area (Å²) in [6, 6.07) is 11.6. The first kappa shape index (κ1) is 17.5. The van der Waals surface area contributed by atoms with E-state index in [1.54, 1.807) is 49.5 Å². The summed E-state index contributed by atoms with van der Waals surface area (Å²) in [5.41, 5.74) is 1.45. The van der Waals surface area contributed by atoms with Gasteiger partial charge in [0.05, 0.1) is 21.2 Å². The summed E-state index contributed by atoms with van der Waals surface area (Å²) in [5, 5.41) is 0.839. The number of hydrogen-bond acceptors (Lipinski definition) is 3. The van der Waals surface area contributed by atoms with Crippen LogP contribution < -0.4 is 0 Å². The maximum Gasteiger partial charge on any atom is 0.262 e. The van der Waals surface area contributed by atoms with Crippen LogP contribution in [0.15, 0.2) is 42.5 Å².